The first kappa shape index (κ1) is 15.7. The fourth-order valence-electron chi connectivity index (χ4n) is 1.64. The summed E-state index contributed by atoms with van der Waals surface area (Å²) in [5.74, 6) is 0. The van der Waals surface area contributed by atoms with Crippen molar-refractivity contribution < 1.29 is 0 Å². The lowest BCUT2D eigenvalue weighted by Gasteiger charge is -2.46. The summed E-state index contributed by atoms with van der Waals surface area (Å²) in [6, 6.07) is 0. The third-order valence-electron chi connectivity index (χ3n) is 4.94. The first-order valence-corrected chi connectivity index (χ1v) is 16.9. The Labute approximate surface area is 102 Å². The van der Waals surface area contributed by atoms with Gasteiger partial charge in [-0.15, -0.1) is 0 Å². The highest BCUT2D eigenvalue weighted by atomic mass is 29.6. The Bertz CT molecular complexity index is 192. The van der Waals surface area contributed by atoms with Gasteiger partial charge < -0.3 is 0 Å². The Morgan fingerprint density at radius 2 is 0.800 bits per heavy atom. The van der Waals surface area contributed by atoms with Crippen LogP contribution in [0.3, 0.4) is 0 Å². The lowest BCUT2D eigenvalue weighted by Crippen LogP contribution is -2.59. The molecule has 0 spiro atoms. The minimum atomic E-state index is -0.949. The van der Waals surface area contributed by atoms with E-state index in [4.69, 9.17) is 0 Å². The fraction of sp³-hybridized carbons (Fsp3) is 1.00. The van der Waals surface area contributed by atoms with Gasteiger partial charge in [-0.2, -0.15) is 0 Å². The molecule has 0 bridgehead atoms. The molecule has 0 saturated carbocycles. The van der Waals surface area contributed by atoms with E-state index in [1.165, 1.54) is 0 Å². The zero-order chi connectivity index (χ0) is 12.7. The van der Waals surface area contributed by atoms with Gasteiger partial charge in [0.05, 0.1) is 0 Å². The summed E-state index contributed by atoms with van der Waals surface area (Å²) in [6.07, 6.45) is 0. The predicted octanol–water partition coefficient (Wildman–Crippen LogP) is 4.17. The molecule has 0 fully saturated rings. The zero-order valence-electron chi connectivity index (χ0n) is 12.7. The quantitative estimate of drug-likeness (QED) is 0.654. The van der Waals surface area contributed by atoms with Crippen molar-refractivity contribution in [3.05, 3.63) is 0 Å². The minimum absolute atomic E-state index is 0.137. The van der Waals surface area contributed by atoms with Gasteiger partial charge in [-0.25, -0.2) is 0 Å². The van der Waals surface area contributed by atoms with Crippen molar-refractivity contribution in [1.82, 2.24) is 0 Å². The summed E-state index contributed by atoms with van der Waals surface area (Å²) in [5, 5.41) is 1.21. The van der Waals surface area contributed by atoms with Crippen LogP contribution in [0.25, 0.3) is 0 Å². The minimum Gasteiger partial charge on any atom is -0.0716 e. The Morgan fingerprint density at radius 3 is 0.933 bits per heavy atom. The third kappa shape index (κ3) is 3.86. The van der Waals surface area contributed by atoms with E-state index >= 15 is 0 Å². The average molecular weight is 261 g/mol. The van der Waals surface area contributed by atoms with Gasteiger partial charge in [-0.05, 0) is 10.1 Å². The van der Waals surface area contributed by atoms with Crippen LogP contribution in [-0.4, -0.2) is 23.7 Å². The van der Waals surface area contributed by atoms with Crippen molar-refractivity contribution in [2.75, 3.05) is 0 Å². The van der Waals surface area contributed by atoms with E-state index in [2.05, 4.69) is 67.7 Å². The van der Waals surface area contributed by atoms with E-state index in [0.29, 0.717) is 10.1 Å². The molecule has 0 aliphatic rings. The van der Waals surface area contributed by atoms with Crippen LogP contribution in [0.5, 0.6) is 0 Å². The van der Waals surface area contributed by atoms with E-state index in [1.54, 1.807) is 0 Å². The molecule has 92 valence electrons. The van der Waals surface area contributed by atoms with Crippen LogP contribution in [0.15, 0.2) is 0 Å². The van der Waals surface area contributed by atoms with E-state index < -0.39 is 15.2 Å². The molecule has 0 aromatic carbocycles. The highest BCUT2D eigenvalue weighted by molar-refractivity contribution is 7.53. The second kappa shape index (κ2) is 4.15. The average Bonchev–Trinajstić information content (AvgIpc) is 1.77. The van der Waals surface area contributed by atoms with E-state index in [9.17, 15) is 0 Å². The van der Waals surface area contributed by atoms with Crippen LogP contribution in [0.4, 0.5) is 0 Å². The molecule has 0 amide bonds. The lowest BCUT2D eigenvalue weighted by molar-refractivity contribution is 0.728. The molecule has 0 aromatic heterocycles. The summed E-state index contributed by atoms with van der Waals surface area (Å²) in [5.41, 5.74) is 0. The van der Waals surface area contributed by atoms with Crippen molar-refractivity contribution in [1.29, 1.82) is 0 Å². The molecule has 15 heavy (non-hydrogen) atoms. The monoisotopic (exact) mass is 260 g/mol. The number of hydrogen-bond acceptors (Lipinski definition) is 0. The Kier molecular flexibility index (Phi) is 4.33. The summed E-state index contributed by atoms with van der Waals surface area (Å²) < 4.78 is 0. The van der Waals surface area contributed by atoms with Crippen LogP contribution in [0.1, 0.15) is 41.5 Å². The zero-order valence-corrected chi connectivity index (χ0v) is 16.1. The van der Waals surface area contributed by atoms with Crippen molar-refractivity contribution >= 4 is 23.7 Å². The lowest BCUT2D eigenvalue weighted by atomic mass is 10.2. The van der Waals surface area contributed by atoms with Crippen LogP contribution >= 0.6 is 0 Å². The molecule has 0 N–H and O–H groups in total. The van der Waals surface area contributed by atoms with Gasteiger partial charge in [-0.3, -0.25) is 0 Å². The van der Waals surface area contributed by atoms with Gasteiger partial charge in [0, 0.05) is 23.7 Å². The molecular formula is C12H32Si3. The van der Waals surface area contributed by atoms with Gasteiger partial charge in [0.15, 0.2) is 0 Å². The molecule has 3 heteroatoms. The van der Waals surface area contributed by atoms with Gasteiger partial charge >= 0.3 is 0 Å². The van der Waals surface area contributed by atoms with Gasteiger partial charge in [0.25, 0.3) is 0 Å². The molecule has 0 aromatic rings. The summed E-state index contributed by atoms with van der Waals surface area (Å²) in [7, 11) is -1.76. The van der Waals surface area contributed by atoms with E-state index in [-0.39, 0.29) is 8.55 Å². The topological polar surface area (TPSA) is 0 Å². The second-order valence-corrected chi connectivity index (χ2v) is 34.2. The molecule has 0 aliphatic heterocycles. The predicted molar refractivity (Wildman–Crippen MR) is 82.9 cm³/mol. The van der Waals surface area contributed by atoms with Gasteiger partial charge in [0.1, 0.15) is 0 Å². The molecule has 0 unspecified atom stereocenters. The van der Waals surface area contributed by atoms with Crippen molar-refractivity contribution in [2.45, 2.75) is 77.8 Å². The Balaban J connectivity index is 4.89. The number of hydrogen-bond donors (Lipinski definition) is 0. The maximum atomic E-state index is 2.64. The molecule has 0 aliphatic carbocycles. The van der Waals surface area contributed by atoms with Gasteiger partial charge in [0.2, 0.25) is 0 Å². The van der Waals surface area contributed by atoms with Crippen molar-refractivity contribution in [2.24, 2.45) is 0 Å². The normalized spacial score (nSPS) is 15.6. The second-order valence-electron chi connectivity index (χ2n) is 8.44. The van der Waals surface area contributed by atoms with Crippen LogP contribution in [0.2, 0.25) is 36.3 Å². The Morgan fingerprint density at radius 1 is 0.600 bits per heavy atom. The van der Waals surface area contributed by atoms with Crippen LogP contribution in [0, 0.1) is 0 Å². The van der Waals surface area contributed by atoms with Crippen LogP contribution < -0.4 is 0 Å². The Hall–Kier alpha value is 0.651. The summed E-state index contributed by atoms with van der Waals surface area (Å²) in [6.45, 7) is 25.4. The molecule has 0 heterocycles. The van der Waals surface area contributed by atoms with Crippen molar-refractivity contribution in [3.8, 4) is 0 Å². The van der Waals surface area contributed by atoms with E-state index in [0.717, 1.165) is 0 Å². The highest BCUT2D eigenvalue weighted by Crippen LogP contribution is 2.42. The highest BCUT2D eigenvalue weighted by Gasteiger charge is 2.45. The molecular weight excluding hydrogens is 228 g/mol. The first-order valence-electron chi connectivity index (χ1n) is 6.21. The fourth-order valence-corrected chi connectivity index (χ4v) is 44.1. The maximum Gasteiger partial charge on any atom is 0.0370 e. The smallest absolute Gasteiger partial charge is 0.0370 e. The van der Waals surface area contributed by atoms with E-state index in [1.807, 2.05) is 0 Å². The molecule has 0 rings (SSSR count). The largest absolute Gasteiger partial charge is 0.0716 e. The summed E-state index contributed by atoms with van der Waals surface area (Å²) >= 11 is 0. The third-order valence-corrected chi connectivity index (χ3v) is 42.4. The summed E-state index contributed by atoms with van der Waals surface area (Å²) in [4.78, 5) is 0. The molecule has 0 radical (unpaired) electrons. The van der Waals surface area contributed by atoms with Crippen LogP contribution in [-0.2, 0) is 0 Å². The SMILES string of the molecule is CC(C)(C)[Si](C)(C)[SiH2][Si](C)(C)C(C)(C)C. The molecule has 0 nitrogen and oxygen atoms in total. The van der Waals surface area contributed by atoms with Crippen molar-refractivity contribution in [3.63, 3.8) is 0 Å². The molecule has 0 saturated heterocycles. The maximum absolute atomic E-state index is 2.64. The number of rotatable bonds is 2. The molecule has 0 atom stereocenters. The first-order chi connectivity index (χ1) is 6.21. The van der Waals surface area contributed by atoms with Gasteiger partial charge in [-0.1, -0.05) is 67.7 Å². The standard InChI is InChI=1S/C12H32Si3/c1-11(2,3)14(7,8)13-15(9,10)12(4,5)6/h13H2,1-10H3.